The highest BCUT2D eigenvalue weighted by Gasteiger charge is 2.45. The monoisotopic (exact) mass is 441 g/mol. The molecule has 1 aromatic carbocycles. The molecule has 0 amide bonds. The van der Waals surface area contributed by atoms with E-state index in [9.17, 15) is 16.8 Å². The molecule has 2 heterocycles. The number of nitrogens with zero attached hydrogens (tertiary/aromatic N) is 3. The number of piperazine rings is 1. The summed E-state index contributed by atoms with van der Waals surface area (Å²) in [4.78, 5) is 2.72. The molecule has 3 aliphatic rings. The average molecular weight is 442 g/mol. The lowest BCUT2D eigenvalue weighted by molar-refractivity contribution is 0.0600. The molecule has 0 spiro atoms. The van der Waals surface area contributed by atoms with Gasteiger partial charge in [0.2, 0.25) is 20.0 Å². The van der Waals surface area contributed by atoms with Crippen LogP contribution in [0, 0.1) is 0 Å². The van der Waals surface area contributed by atoms with Crippen LogP contribution in [-0.4, -0.2) is 81.4 Å². The highest BCUT2D eigenvalue weighted by atomic mass is 32.2. The maximum Gasteiger partial charge on any atom is 0.243 e. The molecular formula is C20H31N3O4S2. The Morgan fingerprint density at radius 1 is 0.931 bits per heavy atom. The second-order valence-corrected chi connectivity index (χ2v) is 12.5. The van der Waals surface area contributed by atoms with E-state index in [0.29, 0.717) is 44.2 Å². The lowest BCUT2D eigenvalue weighted by Gasteiger charge is -2.45. The SMILES string of the molecule is CCC1(N2CCN(S(=O)(=O)c3ccc4c(c3)CCC4)CC2)CCN(S(C)(=O)=O)C1. The lowest BCUT2D eigenvalue weighted by atomic mass is 9.92. The standard InChI is InChI=1S/C20H31N3O4S2/c1-3-20(9-10-23(16-20)28(2,24)25)21-11-13-22(14-12-21)29(26,27)19-8-7-17-5-4-6-18(17)15-19/h7-8,15H,3-6,9-14,16H2,1-2H3. The van der Waals surface area contributed by atoms with Gasteiger partial charge in [-0.25, -0.2) is 21.1 Å². The minimum Gasteiger partial charge on any atom is -0.294 e. The average Bonchev–Trinajstić information content (AvgIpc) is 3.35. The second kappa shape index (κ2) is 7.60. The molecule has 4 rings (SSSR count). The molecule has 1 unspecified atom stereocenters. The first-order valence-corrected chi connectivity index (χ1v) is 13.8. The van der Waals surface area contributed by atoms with Crippen molar-refractivity contribution in [1.82, 2.24) is 13.5 Å². The third-order valence-corrected chi connectivity index (χ3v) is 10.2. The maximum atomic E-state index is 13.2. The van der Waals surface area contributed by atoms with Gasteiger partial charge >= 0.3 is 0 Å². The lowest BCUT2D eigenvalue weighted by Crippen LogP contribution is -2.58. The van der Waals surface area contributed by atoms with Gasteiger partial charge in [-0.2, -0.15) is 4.31 Å². The number of fused-ring (bicyclic) bond motifs is 1. The zero-order valence-corrected chi connectivity index (χ0v) is 18.9. The first kappa shape index (κ1) is 21.2. The predicted octanol–water partition coefficient (Wildman–Crippen LogP) is 1.30. The van der Waals surface area contributed by atoms with E-state index < -0.39 is 20.0 Å². The summed E-state index contributed by atoms with van der Waals surface area (Å²) in [5, 5.41) is 0. The van der Waals surface area contributed by atoms with E-state index in [1.165, 1.54) is 17.4 Å². The molecule has 2 aliphatic heterocycles. The van der Waals surface area contributed by atoms with Crippen LogP contribution in [-0.2, 0) is 32.9 Å². The van der Waals surface area contributed by atoms with Crippen LogP contribution >= 0.6 is 0 Å². The fourth-order valence-electron chi connectivity index (χ4n) is 5.13. The molecule has 0 bridgehead atoms. The molecule has 29 heavy (non-hydrogen) atoms. The van der Waals surface area contributed by atoms with Gasteiger partial charge in [0.25, 0.3) is 0 Å². The van der Waals surface area contributed by atoms with Crippen molar-refractivity contribution >= 4 is 20.0 Å². The van der Waals surface area contributed by atoms with Gasteiger partial charge in [0.1, 0.15) is 0 Å². The smallest absolute Gasteiger partial charge is 0.243 e. The van der Waals surface area contributed by atoms with E-state index in [1.54, 1.807) is 14.7 Å². The molecule has 0 saturated carbocycles. The summed E-state index contributed by atoms with van der Waals surface area (Å²) < 4.78 is 53.4. The number of hydrogen-bond acceptors (Lipinski definition) is 5. The van der Waals surface area contributed by atoms with Gasteiger partial charge in [-0.15, -0.1) is 0 Å². The summed E-state index contributed by atoms with van der Waals surface area (Å²) >= 11 is 0. The molecule has 1 aromatic rings. The van der Waals surface area contributed by atoms with E-state index >= 15 is 0 Å². The molecule has 0 radical (unpaired) electrons. The Kier molecular flexibility index (Phi) is 5.57. The first-order valence-electron chi connectivity index (χ1n) is 10.5. The van der Waals surface area contributed by atoms with Crippen molar-refractivity contribution in [1.29, 1.82) is 0 Å². The van der Waals surface area contributed by atoms with Crippen LogP contribution in [0.25, 0.3) is 0 Å². The topological polar surface area (TPSA) is 78.0 Å². The molecule has 2 saturated heterocycles. The van der Waals surface area contributed by atoms with Crippen LogP contribution in [0.1, 0.15) is 37.3 Å². The zero-order valence-electron chi connectivity index (χ0n) is 17.3. The number of sulfonamides is 2. The summed E-state index contributed by atoms with van der Waals surface area (Å²) in [6.07, 6.45) is 6.02. The Balaban J connectivity index is 1.46. The highest BCUT2D eigenvalue weighted by Crippen LogP contribution is 2.34. The van der Waals surface area contributed by atoms with Crippen molar-refractivity contribution in [3.05, 3.63) is 29.3 Å². The summed E-state index contributed by atoms with van der Waals surface area (Å²) in [5.41, 5.74) is 2.25. The van der Waals surface area contributed by atoms with E-state index in [2.05, 4.69) is 11.8 Å². The summed E-state index contributed by atoms with van der Waals surface area (Å²) in [6.45, 7) is 5.30. The molecule has 0 N–H and O–H groups in total. The fourth-order valence-corrected chi connectivity index (χ4v) is 7.50. The predicted molar refractivity (Wildman–Crippen MR) is 113 cm³/mol. The van der Waals surface area contributed by atoms with Crippen molar-refractivity contribution in [2.45, 2.75) is 49.5 Å². The Morgan fingerprint density at radius 2 is 1.62 bits per heavy atom. The Hall–Kier alpha value is -1.00. The number of hydrogen-bond donors (Lipinski definition) is 0. The van der Waals surface area contributed by atoms with E-state index in [-0.39, 0.29) is 5.54 Å². The molecule has 0 aromatic heterocycles. The molecular weight excluding hydrogens is 410 g/mol. The van der Waals surface area contributed by atoms with Gasteiger partial charge in [-0.3, -0.25) is 4.90 Å². The summed E-state index contributed by atoms with van der Waals surface area (Å²) in [7, 11) is -6.69. The van der Waals surface area contributed by atoms with Crippen molar-refractivity contribution in [3.63, 3.8) is 0 Å². The van der Waals surface area contributed by atoms with Gasteiger partial charge < -0.3 is 0 Å². The Bertz CT molecular complexity index is 985. The van der Waals surface area contributed by atoms with Crippen molar-refractivity contribution < 1.29 is 16.8 Å². The van der Waals surface area contributed by atoms with Crippen LogP contribution in [0.5, 0.6) is 0 Å². The molecule has 2 fully saturated rings. The van der Waals surface area contributed by atoms with Crippen LogP contribution in [0.3, 0.4) is 0 Å². The third-order valence-electron chi connectivity index (χ3n) is 7.04. The van der Waals surface area contributed by atoms with Gasteiger partial charge in [-0.05, 0) is 55.4 Å². The normalized spacial score (nSPS) is 27.4. The minimum atomic E-state index is -3.49. The van der Waals surface area contributed by atoms with E-state index in [4.69, 9.17) is 0 Å². The van der Waals surface area contributed by atoms with E-state index in [1.807, 2.05) is 12.1 Å². The quantitative estimate of drug-likeness (QED) is 0.688. The van der Waals surface area contributed by atoms with Gasteiger partial charge in [0.15, 0.2) is 0 Å². The van der Waals surface area contributed by atoms with Crippen LogP contribution < -0.4 is 0 Å². The summed E-state index contributed by atoms with van der Waals surface area (Å²) in [5.74, 6) is 0. The maximum absolute atomic E-state index is 13.2. The molecule has 162 valence electrons. The molecule has 7 nitrogen and oxygen atoms in total. The van der Waals surface area contributed by atoms with Crippen LogP contribution in [0.4, 0.5) is 0 Å². The molecule has 1 atom stereocenters. The van der Waals surface area contributed by atoms with Crippen LogP contribution in [0.15, 0.2) is 23.1 Å². The zero-order chi connectivity index (χ0) is 20.9. The third kappa shape index (κ3) is 3.87. The van der Waals surface area contributed by atoms with E-state index in [0.717, 1.165) is 32.1 Å². The highest BCUT2D eigenvalue weighted by molar-refractivity contribution is 7.89. The van der Waals surface area contributed by atoms with Crippen molar-refractivity contribution in [3.8, 4) is 0 Å². The van der Waals surface area contributed by atoms with Gasteiger partial charge in [-0.1, -0.05) is 13.0 Å². The second-order valence-electron chi connectivity index (χ2n) is 8.60. The van der Waals surface area contributed by atoms with Gasteiger partial charge in [0, 0.05) is 44.8 Å². The number of benzene rings is 1. The number of aryl methyl sites for hydroxylation is 2. The Morgan fingerprint density at radius 3 is 2.24 bits per heavy atom. The van der Waals surface area contributed by atoms with Gasteiger partial charge in [0.05, 0.1) is 11.2 Å². The first-order chi connectivity index (χ1) is 13.7. The fraction of sp³-hybridized carbons (Fsp3) is 0.700. The molecule has 9 heteroatoms. The minimum absolute atomic E-state index is 0.188. The van der Waals surface area contributed by atoms with Crippen LogP contribution in [0.2, 0.25) is 0 Å². The molecule has 1 aliphatic carbocycles. The van der Waals surface area contributed by atoms with Crippen molar-refractivity contribution in [2.75, 3.05) is 45.5 Å². The number of rotatable bonds is 5. The Labute approximate surface area is 174 Å². The largest absolute Gasteiger partial charge is 0.294 e. The van der Waals surface area contributed by atoms with Crippen molar-refractivity contribution in [2.24, 2.45) is 0 Å². The summed E-state index contributed by atoms with van der Waals surface area (Å²) in [6, 6.07) is 5.58.